The average Bonchev–Trinajstić information content (AvgIpc) is 2.82. The Hall–Kier alpha value is -1.69. The smallest absolute Gasteiger partial charge is 0.240 e. The van der Waals surface area contributed by atoms with E-state index in [1.165, 1.54) is 0 Å². The van der Waals surface area contributed by atoms with Crippen LogP contribution in [-0.2, 0) is 12.0 Å². The third kappa shape index (κ3) is 2.52. The van der Waals surface area contributed by atoms with Gasteiger partial charge >= 0.3 is 0 Å². The summed E-state index contributed by atoms with van der Waals surface area (Å²) in [4.78, 5) is 4.20. The standard InChI is InChI=1S/C11H16N4O2/c1-11(2,3)8-5-7(14-16-8)10-13-9(6-12-4)17-15-10/h5,12H,6H2,1-4H3. The van der Waals surface area contributed by atoms with Crippen LogP contribution in [0.15, 0.2) is 15.1 Å². The topological polar surface area (TPSA) is 77.0 Å². The average molecular weight is 236 g/mol. The zero-order valence-corrected chi connectivity index (χ0v) is 10.4. The molecule has 0 aliphatic heterocycles. The van der Waals surface area contributed by atoms with E-state index in [1.807, 2.05) is 13.1 Å². The first kappa shape index (κ1) is 11.8. The van der Waals surface area contributed by atoms with Crippen LogP contribution in [0.4, 0.5) is 0 Å². The fourth-order valence-electron chi connectivity index (χ4n) is 1.32. The molecule has 0 saturated carbocycles. The van der Waals surface area contributed by atoms with Crippen molar-refractivity contribution in [2.75, 3.05) is 7.05 Å². The van der Waals surface area contributed by atoms with Crippen molar-refractivity contribution in [2.45, 2.75) is 32.7 Å². The van der Waals surface area contributed by atoms with Crippen molar-refractivity contribution in [1.82, 2.24) is 20.6 Å². The van der Waals surface area contributed by atoms with E-state index in [1.54, 1.807) is 0 Å². The quantitative estimate of drug-likeness (QED) is 0.874. The maximum Gasteiger partial charge on any atom is 0.240 e. The van der Waals surface area contributed by atoms with Crippen molar-refractivity contribution in [3.8, 4) is 11.5 Å². The minimum Gasteiger partial charge on any atom is -0.360 e. The normalized spacial score (nSPS) is 12.0. The Morgan fingerprint density at radius 1 is 1.24 bits per heavy atom. The van der Waals surface area contributed by atoms with E-state index < -0.39 is 0 Å². The van der Waals surface area contributed by atoms with Crippen molar-refractivity contribution in [3.05, 3.63) is 17.7 Å². The monoisotopic (exact) mass is 236 g/mol. The van der Waals surface area contributed by atoms with E-state index in [-0.39, 0.29) is 5.41 Å². The molecule has 17 heavy (non-hydrogen) atoms. The molecular weight excluding hydrogens is 220 g/mol. The molecule has 0 fully saturated rings. The van der Waals surface area contributed by atoms with Gasteiger partial charge < -0.3 is 14.4 Å². The van der Waals surface area contributed by atoms with Gasteiger partial charge in [-0.3, -0.25) is 0 Å². The minimum absolute atomic E-state index is 0.0806. The number of nitrogens with zero attached hydrogens (tertiary/aromatic N) is 3. The lowest BCUT2D eigenvalue weighted by atomic mass is 9.93. The maximum atomic E-state index is 5.27. The van der Waals surface area contributed by atoms with Crippen molar-refractivity contribution in [3.63, 3.8) is 0 Å². The van der Waals surface area contributed by atoms with E-state index in [4.69, 9.17) is 9.05 Å². The molecule has 2 aromatic heterocycles. The SMILES string of the molecule is CNCc1nc(-c2cc(C(C)(C)C)on2)no1. The molecule has 0 aromatic carbocycles. The van der Waals surface area contributed by atoms with Gasteiger partial charge in [0.15, 0.2) is 5.69 Å². The van der Waals surface area contributed by atoms with Crippen LogP contribution in [0.2, 0.25) is 0 Å². The zero-order valence-electron chi connectivity index (χ0n) is 10.4. The van der Waals surface area contributed by atoms with E-state index in [9.17, 15) is 0 Å². The van der Waals surface area contributed by atoms with Crippen LogP contribution in [0.1, 0.15) is 32.4 Å². The largest absolute Gasteiger partial charge is 0.360 e. The summed E-state index contributed by atoms with van der Waals surface area (Å²) in [5, 5.41) is 10.7. The molecule has 0 amide bonds. The molecule has 92 valence electrons. The van der Waals surface area contributed by atoms with Gasteiger partial charge in [0.25, 0.3) is 0 Å². The predicted octanol–water partition coefficient (Wildman–Crippen LogP) is 1.74. The number of hydrogen-bond donors (Lipinski definition) is 1. The van der Waals surface area contributed by atoms with Crippen LogP contribution < -0.4 is 5.32 Å². The first-order chi connectivity index (χ1) is 8.00. The van der Waals surface area contributed by atoms with Gasteiger partial charge in [0.05, 0.1) is 6.54 Å². The Bertz CT molecular complexity index is 496. The molecule has 0 bridgehead atoms. The molecule has 1 N–H and O–H groups in total. The number of nitrogens with one attached hydrogen (secondary N) is 1. The fraction of sp³-hybridized carbons (Fsp3) is 0.545. The molecule has 0 aliphatic carbocycles. The van der Waals surface area contributed by atoms with Crippen LogP contribution in [-0.4, -0.2) is 22.3 Å². The summed E-state index contributed by atoms with van der Waals surface area (Å²) in [6.07, 6.45) is 0. The second kappa shape index (κ2) is 4.29. The second-order valence-electron chi connectivity index (χ2n) is 4.87. The lowest BCUT2D eigenvalue weighted by Crippen LogP contribution is -2.09. The molecule has 0 unspecified atom stereocenters. The predicted molar refractivity (Wildman–Crippen MR) is 61.3 cm³/mol. The Morgan fingerprint density at radius 2 is 2.00 bits per heavy atom. The third-order valence-corrected chi connectivity index (χ3v) is 2.27. The highest BCUT2D eigenvalue weighted by molar-refractivity contribution is 5.48. The fourth-order valence-corrected chi connectivity index (χ4v) is 1.32. The highest BCUT2D eigenvalue weighted by Crippen LogP contribution is 2.25. The molecule has 6 heteroatoms. The Kier molecular flexibility index (Phi) is 2.97. The highest BCUT2D eigenvalue weighted by Gasteiger charge is 2.21. The van der Waals surface area contributed by atoms with Gasteiger partial charge in [0.1, 0.15) is 5.76 Å². The molecule has 6 nitrogen and oxygen atoms in total. The maximum absolute atomic E-state index is 5.27. The molecule has 0 spiro atoms. The molecule has 2 rings (SSSR count). The van der Waals surface area contributed by atoms with Gasteiger partial charge in [-0.1, -0.05) is 31.1 Å². The summed E-state index contributed by atoms with van der Waals surface area (Å²) in [6.45, 7) is 6.71. The number of hydrogen-bond acceptors (Lipinski definition) is 6. The third-order valence-electron chi connectivity index (χ3n) is 2.27. The van der Waals surface area contributed by atoms with Gasteiger partial charge in [0.2, 0.25) is 11.7 Å². The van der Waals surface area contributed by atoms with Crippen LogP contribution >= 0.6 is 0 Å². The molecule has 0 radical (unpaired) electrons. The van der Waals surface area contributed by atoms with Crippen molar-refractivity contribution < 1.29 is 9.05 Å². The van der Waals surface area contributed by atoms with Crippen molar-refractivity contribution in [2.24, 2.45) is 0 Å². The molecular formula is C11H16N4O2. The summed E-state index contributed by atoms with van der Waals surface area (Å²) >= 11 is 0. The van der Waals surface area contributed by atoms with E-state index in [0.29, 0.717) is 24.0 Å². The molecule has 2 heterocycles. The van der Waals surface area contributed by atoms with Crippen molar-refractivity contribution >= 4 is 0 Å². The first-order valence-electron chi connectivity index (χ1n) is 5.45. The van der Waals surface area contributed by atoms with Crippen LogP contribution in [0.5, 0.6) is 0 Å². The zero-order chi connectivity index (χ0) is 12.5. The lowest BCUT2D eigenvalue weighted by molar-refractivity contribution is 0.330. The molecule has 0 atom stereocenters. The highest BCUT2D eigenvalue weighted by atomic mass is 16.5. The van der Waals surface area contributed by atoms with E-state index in [0.717, 1.165) is 5.76 Å². The summed E-state index contributed by atoms with van der Waals surface area (Å²) in [5.74, 6) is 1.78. The summed E-state index contributed by atoms with van der Waals surface area (Å²) in [7, 11) is 1.82. The molecule has 0 saturated heterocycles. The van der Waals surface area contributed by atoms with E-state index in [2.05, 4.69) is 41.4 Å². The summed E-state index contributed by atoms with van der Waals surface area (Å²) < 4.78 is 10.3. The van der Waals surface area contributed by atoms with Crippen molar-refractivity contribution in [1.29, 1.82) is 0 Å². The lowest BCUT2D eigenvalue weighted by Gasteiger charge is -2.11. The van der Waals surface area contributed by atoms with Crippen LogP contribution in [0.3, 0.4) is 0 Å². The van der Waals surface area contributed by atoms with Crippen LogP contribution in [0, 0.1) is 0 Å². The van der Waals surface area contributed by atoms with Gasteiger partial charge in [-0.25, -0.2) is 0 Å². The number of rotatable bonds is 3. The Balaban J connectivity index is 2.24. The second-order valence-corrected chi connectivity index (χ2v) is 4.87. The van der Waals surface area contributed by atoms with Gasteiger partial charge in [0, 0.05) is 11.5 Å². The first-order valence-corrected chi connectivity index (χ1v) is 5.45. The summed E-state index contributed by atoms with van der Waals surface area (Å²) in [6, 6.07) is 1.84. The van der Waals surface area contributed by atoms with Gasteiger partial charge in [-0.05, 0) is 7.05 Å². The molecule has 2 aromatic rings. The van der Waals surface area contributed by atoms with Gasteiger partial charge in [-0.2, -0.15) is 4.98 Å². The van der Waals surface area contributed by atoms with Gasteiger partial charge in [-0.15, -0.1) is 0 Å². The molecule has 0 aliphatic rings. The number of aromatic nitrogens is 3. The minimum atomic E-state index is -0.0806. The van der Waals surface area contributed by atoms with Crippen LogP contribution in [0.25, 0.3) is 11.5 Å². The van der Waals surface area contributed by atoms with E-state index >= 15 is 0 Å². The Morgan fingerprint density at radius 3 is 2.59 bits per heavy atom. The summed E-state index contributed by atoms with van der Waals surface area (Å²) in [5.41, 5.74) is 0.518. The Labute approximate surface area is 99.4 Å².